The lowest BCUT2D eigenvalue weighted by molar-refractivity contribution is -0.153. The van der Waals surface area contributed by atoms with E-state index in [9.17, 15) is 9.59 Å². The van der Waals surface area contributed by atoms with E-state index in [1.165, 1.54) is 6.92 Å². The van der Waals surface area contributed by atoms with Crippen molar-refractivity contribution >= 4 is 17.4 Å². The second-order valence-corrected chi connectivity index (χ2v) is 6.75. The highest BCUT2D eigenvalue weighted by atomic mass is 16.5. The van der Waals surface area contributed by atoms with Crippen LogP contribution in [0.4, 0.5) is 5.69 Å². The smallest absolute Gasteiger partial charge is 0.332 e. The van der Waals surface area contributed by atoms with Gasteiger partial charge in [-0.1, -0.05) is 37.3 Å². The molecule has 0 saturated heterocycles. The average molecular weight is 383 g/mol. The van der Waals surface area contributed by atoms with Gasteiger partial charge in [-0.3, -0.25) is 4.79 Å². The van der Waals surface area contributed by atoms with Crippen molar-refractivity contribution in [2.45, 2.75) is 39.2 Å². The molecular weight excluding hydrogens is 354 g/mol. The molecule has 2 aromatic carbocycles. The van der Waals surface area contributed by atoms with Crippen LogP contribution in [0.3, 0.4) is 0 Å². The first-order valence-corrected chi connectivity index (χ1v) is 9.60. The first-order valence-electron chi connectivity index (χ1n) is 9.60. The van der Waals surface area contributed by atoms with Gasteiger partial charge in [0.2, 0.25) is 0 Å². The van der Waals surface area contributed by atoms with Crippen LogP contribution in [0, 0.1) is 5.92 Å². The molecule has 0 unspecified atom stereocenters. The Morgan fingerprint density at radius 2 is 1.68 bits per heavy atom. The zero-order valence-electron chi connectivity index (χ0n) is 17.0. The molecule has 28 heavy (non-hydrogen) atoms. The summed E-state index contributed by atoms with van der Waals surface area (Å²) in [5, 5.41) is 3.33. The van der Waals surface area contributed by atoms with Gasteiger partial charge in [0.25, 0.3) is 0 Å². The molecule has 5 nitrogen and oxygen atoms in total. The van der Waals surface area contributed by atoms with Crippen LogP contribution in [0.5, 0.6) is 5.75 Å². The van der Waals surface area contributed by atoms with Crippen LogP contribution in [0.25, 0.3) is 0 Å². The summed E-state index contributed by atoms with van der Waals surface area (Å²) < 4.78 is 10.6. The minimum Gasteiger partial charge on any atom is -0.497 e. The van der Waals surface area contributed by atoms with E-state index < -0.39 is 17.4 Å². The highest BCUT2D eigenvalue weighted by Crippen LogP contribution is 2.32. The number of methoxy groups -OCH3 is 1. The fourth-order valence-electron chi connectivity index (χ4n) is 3.47. The Labute approximate surface area is 167 Å². The van der Waals surface area contributed by atoms with E-state index in [1.807, 2.05) is 61.5 Å². The van der Waals surface area contributed by atoms with Crippen LogP contribution in [0.15, 0.2) is 54.6 Å². The predicted molar refractivity (Wildman–Crippen MR) is 111 cm³/mol. The summed E-state index contributed by atoms with van der Waals surface area (Å²) >= 11 is 0. The molecule has 2 rings (SSSR count). The Morgan fingerprint density at radius 1 is 1.04 bits per heavy atom. The number of carbonyl (C=O) groups is 2. The third-order valence-electron chi connectivity index (χ3n) is 5.02. The number of rotatable bonds is 10. The topological polar surface area (TPSA) is 64.6 Å². The Balaban J connectivity index is 2.46. The van der Waals surface area contributed by atoms with Gasteiger partial charge < -0.3 is 14.8 Å². The van der Waals surface area contributed by atoms with Crippen LogP contribution in [0.2, 0.25) is 0 Å². The summed E-state index contributed by atoms with van der Waals surface area (Å²) in [5.41, 5.74) is 0.572. The van der Waals surface area contributed by atoms with Gasteiger partial charge in [-0.25, -0.2) is 4.79 Å². The lowest BCUT2D eigenvalue weighted by Gasteiger charge is -2.38. The Hall–Kier alpha value is -2.82. The molecule has 0 aliphatic heterocycles. The number of carbonyl (C=O) groups excluding carboxylic acids is 2. The molecule has 0 bridgehead atoms. The molecule has 2 aromatic rings. The Morgan fingerprint density at radius 3 is 2.18 bits per heavy atom. The maximum absolute atomic E-state index is 13.1. The standard InChI is InChI=1S/C23H29NO4/c1-5-23(22(26)28-6-2,24-19-12-14-20(27-4)15-13-19)21(17(3)25)16-18-10-8-7-9-11-18/h7-15,21,24H,5-6,16H2,1-4H3/t21-,23+/m1/s1. The maximum atomic E-state index is 13.1. The van der Waals surface area contributed by atoms with E-state index in [1.54, 1.807) is 14.0 Å². The summed E-state index contributed by atoms with van der Waals surface area (Å²) in [6.07, 6.45) is 0.862. The van der Waals surface area contributed by atoms with E-state index in [2.05, 4.69) is 5.32 Å². The summed E-state index contributed by atoms with van der Waals surface area (Å²) in [6.45, 7) is 5.45. The van der Waals surface area contributed by atoms with Crippen LogP contribution in [-0.2, 0) is 20.7 Å². The van der Waals surface area contributed by atoms with Crippen molar-refractivity contribution in [1.82, 2.24) is 0 Å². The molecule has 0 saturated carbocycles. The van der Waals surface area contributed by atoms with Crippen LogP contribution < -0.4 is 10.1 Å². The second-order valence-electron chi connectivity index (χ2n) is 6.75. The molecular formula is C23H29NO4. The molecule has 0 spiro atoms. The number of esters is 1. The lowest BCUT2D eigenvalue weighted by atomic mass is 9.75. The van der Waals surface area contributed by atoms with Crippen molar-refractivity contribution in [1.29, 1.82) is 0 Å². The Bertz CT molecular complexity index is 773. The average Bonchev–Trinajstić information content (AvgIpc) is 2.71. The van der Waals surface area contributed by atoms with Crippen LogP contribution in [0.1, 0.15) is 32.8 Å². The molecule has 1 N–H and O–H groups in total. The third-order valence-corrected chi connectivity index (χ3v) is 5.02. The van der Waals surface area contributed by atoms with Gasteiger partial charge in [0, 0.05) is 5.69 Å². The number of ether oxygens (including phenoxy) is 2. The monoisotopic (exact) mass is 383 g/mol. The minimum atomic E-state index is -1.16. The fraction of sp³-hybridized carbons (Fsp3) is 0.391. The third kappa shape index (κ3) is 4.91. The normalized spacial score (nSPS) is 13.9. The van der Waals surface area contributed by atoms with E-state index in [4.69, 9.17) is 9.47 Å². The molecule has 2 atom stereocenters. The highest BCUT2D eigenvalue weighted by Gasteiger charge is 2.48. The first-order chi connectivity index (χ1) is 13.5. The quantitative estimate of drug-likeness (QED) is 0.621. The van der Waals surface area contributed by atoms with Gasteiger partial charge in [0.05, 0.1) is 19.6 Å². The second kappa shape index (κ2) is 9.93. The predicted octanol–water partition coefficient (Wildman–Crippen LogP) is 4.27. The van der Waals surface area contributed by atoms with Gasteiger partial charge in [0.1, 0.15) is 17.1 Å². The number of Topliss-reactive ketones (excluding diaryl/α,β-unsaturated/α-hetero) is 1. The zero-order chi connectivity index (χ0) is 20.6. The fourth-order valence-corrected chi connectivity index (χ4v) is 3.47. The molecule has 0 heterocycles. The van der Waals surface area contributed by atoms with E-state index >= 15 is 0 Å². The van der Waals surface area contributed by atoms with Gasteiger partial charge in [-0.2, -0.15) is 0 Å². The van der Waals surface area contributed by atoms with Crippen molar-refractivity contribution in [2.24, 2.45) is 5.92 Å². The first kappa shape index (κ1) is 21.5. The Kier molecular flexibility index (Phi) is 7.61. The van der Waals surface area contributed by atoms with Gasteiger partial charge in [-0.05, 0) is 56.5 Å². The number of nitrogens with one attached hydrogen (secondary N) is 1. The molecule has 0 radical (unpaired) electrons. The van der Waals surface area contributed by atoms with E-state index in [0.29, 0.717) is 12.8 Å². The van der Waals surface area contributed by atoms with Crippen molar-refractivity contribution in [2.75, 3.05) is 19.0 Å². The summed E-state index contributed by atoms with van der Waals surface area (Å²) in [4.78, 5) is 25.8. The number of anilines is 1. The van der Waals surface area contributed by atoms with Crippen molar-refractivity contribution in [3.63, 3.8) is 0 Å². The number of hydrogen-bond acceptors (Lipinski definition) is 5. The lowest BCUT2D eigenvalue weighted by Crippen LogP contribution is -2.56. The highest BCUT2D eigenvalue weighted by molar-refractivity contribution is 5.93. The van der Waals surface area contributed by atoms with Crippen LogP contribution >= 0.6 is 0 Å². The number of benzene rings is 2. The van der Waals surface area contributed by atoms with Crippen LogP contribution in [-0.4, -0.2) is 31.0 Å². The van der Waals surface area contributed by atoms with Crippen molar-refractivity contribution < 1.29 is 19.1 Å². The molecule has 150 valence electrons. The zero-order valence-corrected chi connectivity index (χ0v) is 17.0. The summed E-state index contributed by atoms with van der Waals surface area (Å²) in [7, 11) is 1.60. The summed E-state index contributed by atoms with van der Waals surface area (Å²) in [6, 6.07) is 17.0. The molecule has 0 aromatic heterocycles. The molecule has 0 fully saturated rings. The SMILES string of the molecule is CCOC(=O)[C@@](CC)(Nc1ccc(OC)cc1)[C@H](Cc1ccccc1)C(C)=O. The molecule has 0 aliphatic carbocycles. The maximum Gasteiger partial charge on any atom is 0.332 e. The number of hydrogen-bond donors (Lipinski definition) is 1. The van der Waals surface area contributed by atoms with Gasteiger partial charge >= 0.3 is 5.97 Å². The van der Waals surface area contributed by atoms with Gasteiger partial charge in [0.15, 0.2) is 0 Å². The minimum absolute atomic E-state index is 0.0558. The van der Waals surface area contributed by atoms with Gasteiger partial charge in [-0.15, -0.1) is 0 Å². The number of ketones is 1. The molecule has 0 aliphatic rings. The van der Waals surface area contributed by atoms with E-state index in [-0.39, 0.29) is 12.4 Å². The largest absolute Gasteiger partial charge is 0.497 e. The van der Waals surface area contributed by atoms with Crippen molar-refractivity contribution in [3.8, 4) is 5.75 Å². The van der Waals surface area contributed by atoms with Crippen molar-refractivity contribution in [3.05, 3.63) is 60.2 Å². The molecule has 0 amide bonds. The molecule has 5 heteroatoms. The van der Waals surface area contributed by atoms with E-state index in [0.717, 1.165) is 17.0 Å². The summed E-state index contributed by atoms with van der Waals surface area (Å²) in [5.74, 6) is -0.318.